The summed E-state index contributed by atoms with van der Waals surface area (Å²) in [5.41, 5.74) is -0.844. The van der Waals surface area contributed by atoms with Gasteiger partial charge in [-0.1, -0.05) is 26.2 Å². The van der Waals surface area contributed by atoms with Crippen LogP contribution in [0.3, 0.4) is 0 Å². The summed E-state index contributed by atoms with van der Waals surface area (Å²) in [5.74, 6) is -0.512. The molecule has 0 aliphatic carbocycles. The molecule has 1 aliphatic heterocycles. The summed E-state index contributed by atoms with van der Waals surface area (Å²) >= 11 is 0. The van der Waals surface area contributed by atoms with Crippen LogP contribution in [0.25, 0.3) is 11.0 Å². The predicted molar refractivity (Wildman–Crippen MR) is 109 cm³/mol. The highest BCUT2D eigenvalue weighted by atomic mass is 16.2. The Hall–Kier alpha value is -2.97. The van der Waals surface area contributed by atoms with Crippen LogP contribution in [0.4, 0.5) is 0 Å². The van der Waals surface area contributed by atoms with Gasteiger partial charge in [0.05, 0.1) is 16.9 Å². The van der Waals surface area contributed by atoms with Crippen LogP contribution in [0.15, 0.2) is 21.9 Å². The van der Waals surface area contributed by atoms with Crippen molar-refractivity contribution in [1.29, 1.82) is 0 Å². The second-order valence-corrected chi connectivity index (χ2v) is 7.47. The maximum atomic E-state index is 12.9. The number of fused-ring (bicyclic) bond motifs is 1. The molecule has 1 atom stereocenters. The van der Waals surface area contributed by atoms with Gasteiger partial charge in [0.2, 0.25) is 5.91 Å². The quantitative estimate of drug-likeness (QED) is 0.600. The van der Waals surface area contributed by atoms with E-state index in [0.29, 0.717) is 19.6 Å². The van der Waals surface area contributed by atoms with E-state index >= 15 is 0 Å². The van der Waals surface area contributed by atoms with E-state index in [1.54, 1.807) is 4.90 Å². The minimum Gasteiger partial charge on any atom is -0.356 e. The van der Waals surface area contributed by atoms with Crippen molar-refractivity contribution in [2.75, 3.05) is 19.6 Å². The number of likely N-dealkylation sites (tertiary alicyclic amines) is 1. The van der Waals surface area contributed by atoms with Gasteiger partial charge in [-0.2, -0.15) is 0 Å². The molecule has 9 nitrogen and oxygen atoms in total. The molecule has 9 heteroatoms. The molecule has 3 heterocycles. The Morgan fingerprint density at radius 1 is 1.24 bits per heavy atom. The third-order valence-corrected chi connectivity index (χ3v) is 5.25. The first-order chi connectivity index (χ1) is 14.0. The van der Waals surface area contributed by atoms with Crippen LogP contribution in [0.5, 0.6) is 0 Å². The van der Waals surface area contributed by atoms with Crippen molar-refractivity contribution >= 4 is 22.8 Å². The highest BCUT2D eigenvalue weighted by Crippen LogP contribution is 2.19. The van der Waals surface area contributed by atoms with Crippen molar-refractivity contribution < 1.29 is 9.59 Å². The molecular weight excluding hydrogens is 374 g/mol. The zero-order chi connectivity index (χ0) is 20.8. The number of aromatic nitrogens is 3. The molecule has 3 N–H and O–H groups in total. The van der Waals surface area contributed by atoms with Crippen molar-refractivity contribution in [3.63, 3.8) is 0 Å². The Morgan fingerprint density at radius 2 is 2.07 bits per heavy atom. The van der Waals surface area contributed by atoms with Gasteiger partial charge in [-0.05, 0) is 25.3 Å². The lowest BCUT2D eigenvalue weighted by Crippen LogP contribution is -2.45. The smallest absolute Gasteiger partial charge is 0.327 e. The molecule has 29 heavy (non-hydrogen) atoms. The van der Waals surface area contributed by atoms with Gasteiger partial charge >= 0.3 is 5.69 Å². The average molecular weight is 401 g/mol. The van der Waals surface area contributed by atoms with E-state index in [4.69, 9.17) is 0 Å². The molecule has 3 rings (SSSR count). The summed E-state index contributed by atoms with van der Waals surface area (Å²) in [6.45, 7) is 3.71. The molecule has 1 unspecified atom stereocenters. The number of rotatable bonds is 7. The van der Waals surface area contributed by atoms with Gasteiger partial charge in [0.25, 0.3) is 11.5 Å². The Balaban J connectivity index is 1.65. The highest BCUT2D eigenvalue weighted by Gasteiger charge is 2.29. The molecule has 2 aromatic rings. The van der Waals surface area contributed by atoms with E-state index in [2.05, 4.69) is 27.2 Å². The molecule has 0 radical (unpaired) electrons. The minimum absolute atomic E-state index is 0.00958. The number of carbonyl (C=O) groups is 2. The molecule has 2 aromatic heterocycles. The summed E-state index contributed by atoms with van der Waals surface area (Å²) in [5, 5.41) is 3.13. The number of nitrogens with zero attached hydrogens (tertiary/aromatic N) is 2. The number of hydrogen-bond acceptors (Lipinski definition) is 5. The number of aromatic amines is 2. The normalized spacial score (nSPS) is 16.7. The maximum absolute atomic E-state index is 12.9. The number of hydrogen-bond donors (Lipinski definition) is 3. The van der Waals surface area contributed by atoms with Crippen molar-refractivity contribution in [2.45, 2.75) is 45.4 Å². The summed E-state index contributed by atoms with van der Waals surface area (Å²) in [6.07, 6.45) is 7.23. The zero-order valence-electron chi connectivity index (χ0n) is 16.6. The largest absolute Gasteiger partial charge is 0.356 e. The number of piperidine rings is 1. The molecular formula is C20H27N5O4. The second-order valence-electron chi connectivity index (χ2n) is 7.47. The number of carbonyl (C=O) groups excluding carboxylic acids is 2. The van der Waals surface area contributed by atoms with E-state index in [9.17, 15) is 19.2 Å². The molecule has 0 bridgehead atoms. The number of nitrogens with one attached hydrogen (secondary N) is 3. The topological polar surface area (TPSA) is 128 Å². The zero-order valence-corrected chi connectivity index (χ0v) is 16.6. The standard InChI is InChI=1S/C20H27N5O4/c1-2-3-4-5-8-21-17(26)13-7-6-9-25(12-13)19(28)14-10-15-16(22-11-14)23-20(29)24-18(15)27/h10-11,13H,2-9,12H2,1H3,(H,21,26)(H2,22,23,24,27,29). The molecule has 156 valence electrons. The van der Waals surface area contributed by atoms with Crippen LogP contribution in [-0.2, 0) is 4.79 Å². The Labute approximate surface area is 167 Å². The fraction of sp³-hybridized carbons (Fsp3) is 0.550. The first-order valence-corrected chi connectivity index (χ1v) is 10.2. The average Bonchev–Trinajstić information content (AvgIpc) is 2.72. The van der Waals surface area contributed by atoms with E-state index < -0.39 is 11.2 Å². The van der Waals surface area contributed by atoms with Crippen molar-refractivity contribution in [3.8, 4) is 0 Å². The fourth-order valence-corrected chi connectivity index (χ4v) is 3.63. The van der Waals surface area contributed by atoms with Crippen LogP contribution in [0, 0.1) is 5.92 Å². The van der Waals surface area contributed by atoms with Crippen LogP contribution < -0.4 is 16.6 Å². The van der Waals surface area contributed by atoms with Crippen molar-refractivity contribution in [3.05, 3.63) is 38.7 Å². The van der Waals surface area contributed by atoms with Gasteiger partial charge in [0, 0.05) is 25.8 Å². The van der Waals surface area contributed by atoms with Gasteiger partial charge in [-0.3, -0.25) is 24.4 Å². The van der Waals surface area contributed by atoms with Crippen LogP contribution >= 0.6 is 0 Å². The Bertz CT molecular complexity index is 996. The number of H-pyrrole nitrogens is 2. The van der Waals surface area contributed by atoms with Gasteiger partial charge < -0.3 is 10.2 Å². The molecule has 0 saturated carbocycles. The Morgan fingerprint density at radius 3 is 2.86 bits per heavy atom. The first-order valence-electron chi connectivity index (χ1n) is 10.2. The van der Waals surface area contributed by atoms with Gasteiger partial charge in [-0.25, -0.2) is 9.78 Å². The third-order valence-electron chi connectivity index (χ3n) is 5.25. The maximum Gasteiger partial charge on any atom is 0.327 e. The molecule has 1 aliphatic rings. The van der Waals surface area contributed by atoms with E-state index in [1.165, 1.54) is 12.3 Å². The molecule has 2 amide bonds. The van der Waals surface area contributed by atoms with E-state index in [-0.39, 0.29) is 34.3 Å². The molecule has 0 aromatic carbocycles. The summed E-state index contributed by atoms with van der Waals surface area (Å²) in [4.78, 5) is 58.9. The monoisotopic (exact) mass is 401 g/mol. The van der Waals surface area contributed by atoms with Gasteiger partial charge in [-0.15, -0.1) is 0 Å². The van der Waals surface area contributed by atoms with E-state index in [1.807, 2.05) is 0 Å². The van der Waals surface area contributed by atoms with Gasteiger partial charge in [0.1, 0.15) is 5.65 Å². The summed E-state index contributed by atoms with van der Waals surface area (Å²) in [6, 6.07) is 1.43. The minimum atomic E-state index is -0.645. The van der Waals surface area contributed by atoms with Crippen LogP contribution in [0.2, 0.25) is 0 Å². The lowest BCUT2D eigenvalue weighted by atomic mass is 9.96. The summed E-state index contributed by atoms with van der Waals surface area (Å²) in [7, 11) is 0. The second kappa shape index (κ2) is 9.49. The number of pyridine rings is 1. The van der Waals surface area contributed by atoms with Gasteiger partial charge in [0.15, 0.2) is 0 Å². The lowest BCUT2D eigenvalue weighted by molar-refractivity contribution is -0.126. The fourth-order valence-electron chi connectivity index (χ4n) is 3.63. The number of amides is 2. The number of unbranched alkanes of at least 4 members (excludes halogenated alkanes) is 3. The Kier molecular flexibility index (Phi) is 6.79. The molecule has 0 spiro atoms. The van der Waals surface area contributed by atoms with Crippen LogP contribution in [-0.4, -0.2) is 51.3 Å². The molecule has 1 fully saturated rings. The highest BCUT2D eigenvalue weighted by molar-refractivity contribution is 5.97. The first kappa shape index (κ1) is 20.8. The van der Waals surface area contributed by atoms with E-state index in [0.717, 1.165) is 38.5 Å². The third kappa shape index (κ3) is 5.10. The predicted octanol–water partition coefficient (Wildman–Crippen LogP) is 1.16. The lowest BCUT2D eigenvalue weighted by Gasteiger charge is -2.32. The van der Waals surface area contributed by atoms with Crippen molar-refractivity contribution in [2.24, 2.45) is 5.92 Å². The SMILES string of the molecule is CCCCCCNC(=O)C1CCCN(C(=O)c2cnc3[nH]c(=O)[nH]c(=O)c3c2)C1. The molecule has 1 saturated heterocycles. The van der Waals surface area contributed by atoms with Crippen molar-refractivity contribution in [1.82, 2.24) is 25.2 Å². The summed E-state index contributed by atoms with van der Waals surface area (Å²) < 4.78 is 0. The van der Waals surface area contributed by atoms with Crippen LogP contribution in [0.1, 0.15) is 55.8 Å².